The predicted molar refractivity (Wildman–Crippen MR) is 103 cm³/mol. The van der Waals surface area contributed by atoms with Gasteiger partial charge in [-0.15, -0.1) is 0 Å². The van der Waals surface area contributed by atoms with E-state index in [-0.39, 0.29) is 5.91 Å². The lowest BCUT2D eigenvalue weighted by Gasteiger charge is -2.14. The topological polar surface area (TPSA) is 38.3 Å². The summed E-state index contributed by atoms with van der Waals surface area (Å²) >= 11 is 3.39. The van der Waals surface area contributed by atoms with Crippen molar-refractivity contribution in [3.05, 3.63) is 58.1 Å². The number of hydrogen-bond acceptors (Lipinski definition) is 2. The van der Waals surface area contributed by atoms with Crippen LogP contribution in [-0.4, -0.2) is 12.5 Å². The van der Waals surface area contributed by atoms with E-state index in [0.717, 1.165) is 28.8 Å². The summed E-state index contributed by atoms with van der Waals surface area (Å²) < 4.78 is 6.67. The van der Waals surface area contributed by atoms with Crippen molar-refractivity contribution in [2.45, 2.75) is 39.5 Å². The summed E-state index contributed by atoms with van der Waals surface area (Å²) in [5, 5.41) is 3.09. The predicted octanol–water partition coefficient (Wildman–Crippen LogP) is 5.37. The van der Waals surface area contributed by atoms with Gasteiger partial charge in [0.05, 0.1) is 6.61 Å². The van der Waals surface area contributed by atoms with Crippen LogP contribution in [0.5, 0.6) is 5.75 Å². The molecule has 0 bridgehead atoms. The van der Waals surface area contributed by atoms with Gasteiger partial charge in [0, 0.05) is 16.6 Å². The van der Waals surface area contributed by atoms with Crippen molar-refractivity contribution in [2.75, 3.05) is 11.9 Å². The molecule has 0 aliphatic heterocycles. The first kappa shape index (κ1) is 18.5. The molecular formula is C20H24BrNO2. The van der Waals surface area contributed by atoms with E-state index >= 15 is 0 Å². The maximum Gasteiger partial charge on any atom is 0.224 e. The number of benzene rings is 2. The van der Waals surface area contributed by atoms with Crippen molar-refractivity contribution < 1.29 is 9.53 Å². The minimum atomic E-state index is 0.0463. The van der Waals surface area contributed by atoms with Crippen molar-refractivity contribution >= 4 is 27.5 Å². The molecule has 0 saturated carbocycles. The van der Waals surface area contributed by atoms with E-state index in [9.17, 15) is 4.79 Å². The number of ether oxygens (including phenoxy) is 1. The number of rotatable bonds is 8. The molecule has 3 nitrogen and oxygen atoms in total. The minimum Gasteiger partial charge on any atom is -0.494 e. The summed E-state index contributed by atoms with van der Waals surface area (Å²) in [6, 6.07) is 13.9. The summed E-state index contributed by atoms with van der Waals surface area (Å²) in [5.41, 5.74) is 3.36. The molecule has 2 rings (SSSR count). The Labute approximate surface area is 152 Å². The molecule has 0 spiro atoms. The van der Waals surface area contributed by atoms with Crippen LogP contribution in [0.3, 0.4) is 0 Å². The van der Waals surface area contributed by atoms with Gasteiger partial charge in [-0.25, -0.2) is 0 Å². The Morgan fingerprint density at radius 3 is 2.25 bits per heavy atom. The van der Waals surface area contributed by atoms with Gasteiger partial charge >= 0.3 is 0 Å². The molecule has 0 saturated heterocycles. The molecule has 128 valence electrons. The fraction of sp³-hybridized carbons (Fsp3) is 0.350. The van der Waals surface area contributed by atoms with Crippen LogP contribution in [0.15, 0.2) is 46.9 Å². The van der Waals surface area contributed by atoms with E-state index in [1.165, 1.54) is 11.1 Å². The zero-order chi connectivity index (χ0) is 17.4. The van der Waals surface area contributed by atoms with Gasteiger partial charge in [-0.1, -0.05) is 48.0 Å². The van der Waals surface area contributed by atoms with E-state index in [0.29, 0.717) is 19.4 Å². The molecule has 24 heavy (non-hydrogen) atoms. The summed E-state index contributed by atoms with van der Waals surface area (Å²) in [6.07, 6.45) is 2.97. The lowest BCUT2D eigenvalue weighted by atomic mass is 10.0. The van der Waals surface area contributed by atoms with E-state index in [2.05, 4.69) is 53.3 Å². The highest BCUT2D eigenvalue weighted by Gasteiger charge is 2.10. The number of carbonyl (C=O) groups excluding carboxylic acids is 1. The highest BCUT2D eigenvalue weighted by atomic mass is 79.9. The first-order valence-corrected chi connectivity index (χ1v) is 9.22. The van der Waals surface area contributed by atoms with Crippen molar-refractivity contribution in [3.8, 4) is 5.75 Å². The molecule has 4 heteroatoms. The molecule has 0 aromatic heterocycles. The molecule has 0 aliphatic rings. The number of aryl methyl sites for hydroxylation is 2. The van der Waals surface area contributed by atoms with Gasteiger partial charge in [-0.2, -0.15) is 0 Å². The third-order valence-electron chi connectivity index (χ3n) is 3.89. The number of hydrogen-bond donors (Lipinski definition) is 1. The molecule has 1 N–H and O–H groups in total. The molecule has 0 heterocycles. The second-order valence-corrected chi connectivity index (χ2v) is 6.53. The zero-order valence-corrected chi connectivity index (χ0v) is 15.9. The summed E-state index contributed by atoms with van der Waals surface area (Å²) in [6.45, 7) is 4.75. The average molecular weight is 390 g/mol. The van der Waals surface area contributed by atoms with Gasteiger partial charge < -0.3 is 10.1 Å². The van der Waals surface area contributed by atoms with E-state index in [1.54, 1.807) is 0 Å². The smallest absolute Gasteiger partial charge is 0.224 e. The number of halogens is 1. The lowest BCUT2D eigenvalue weighted by molar-refractivity contribution is -0.116. The first-order chi connectivity index (χ1) is 11.6. The third kappa shape index (κ3) is 5.38. The second kappa shape index (κ2) is 9.48. The quantitative estimate of drug-likeness (QED) is 0.616. The molecule has 0 unspecified atom stereocenters. The Hall–Kier alpha value is -1.81. The van der Waals surface area contributed by atoms with E-state index in [1.807, 2.05) is 24.3 Å². The van der Waals surface area contributed by atoms with Crippen LogP contribution in [0.1, 0.15) is 37.8 Å². The maximum absolute atomic E-state index is 12.2. The van der Waals surface area contributed by atoms with Crippen molar-refractivity contribution in [2.24, 2.45) is 0 Å². The lowest BCUT2D eigenvalue weighted by Crippen LogP contribution is -2.15. The highest BCUT2D eigenvalue weighted by Crippen LogP contribution is 2.23. The van der Waals surface area contributed by atoms with Crippen LogP contribution in [0.25, 0.3) is 0 Å². The minimum absolute atomic E-state index is 0.0463. The van der Waals surface area contributed by atoms with Crippen LogP contribution in [0.4, 0.5) is 5.69 Å². The van der Waals surface area contributed by atoms with Crippen molar-refractivity contribution in [1.82, 2.24) is 0 Å². The fourth-order valence-electron chi connectivity index (χ4n) is 2.56. The average Bonchev–Trinajstić information content (AvgIpc) is 2.60. The number of amides is 1. The molecule has 0 radical (unpaired) electrons. The van der Waals surface area contributed by atoms with Crippen LogP contribution in [0, 0.1) is 0 Å². The van der Waals surface area contributed by atoms with Gasteiger partial charge in [0.1, 0.15) is 5.75 Å². The Balaban J connectivity index is 1.82. The van der Waals surface area contributed by atoms with Crippen LogP contribution in [0.2, 0.25) is 0 Å². The Morgan fingerprint density at radius 2 is 1.67 bits per heavy atom. The molecular weight excluding hydrogens is 366 g/mol. The number of carbonyl (C=O) groups is 1. The number of anilines is 1. The summed E-state index contributed by atoms with van der Waals surface area (Å²) in [4.78, 5) is 12.2. The van der Waals surface area contributed by atoms with Crippen LogP contribution < -0.4 is 10.1 Å². The standard InChI is InChI=1S/C20H24BrNO2/c1-3-15-7-5-8-16(4-2)20(15)22-19(23)9-6-14-24-18-12-10-17(21)11-13-18/h5,7-8,10-13H,3-4,6,9,14H2,1-2H3,(H,22,23). The monoisotopic (exact) mass is 389 g/mol. The first-order valence-electron chi connectivity index (χ1n) is 8.43. The molecule has 0 atom stereocenters. The Bertz CT molecular complexity index is 646. The Kier molecular flexibility index (Phi) is 7.32. The number of nitrogens with one attached hydrogen (secondary N) is 1. The van der Waals surface area contributed by atoms with Gasteiger partial charge in [0.25, 0.3) is 0 Å². The van der Waals surface area contributed by atoms with Crippen molar-refractivity contribution in [3.63, 3.8) is 0 Å². The van der Waals surface area contributed by atoms with Crippen LogP contribution in [-0.2, 0) is 17.6 Å². The zero-order valence-electron chi connectivity index (χ0n) is 14.3. The summed E-state index contributed by atoms with van der Waals surface area (Å²) in [5.74, 6) is 0.869. The largest absolute Gasteiger partial charge is 0.494 e. The molecule has 1 amide bonds. The summed E-state index contributed by atoms with van der Waals surface area (Å²) in [7, 11) is 0. The highest BCUT2D eigenvalue weighted by molar-refractivity contribution is 9.10. The SMILES string of the molecule is CCc1cccc(CC)c1NC(=O)CCCOc1ccc(Br)cc1. The second-order valence-electron chi connectivity index (χ2n) is 5.61. The van der Waals surface area contributed by atoms with Gasteiger partial charge in [0.2, 0.25) is 5.91 Å². The Morgan fingerprint density at radius 1 is 1.04 bits per heavy atom. The molecule has 2 aromatic rings. The third-order valence-corrected chi connectivity index (χ3v) is 4.42. The normalized spacial score (nSPS) is 10.5. The maximum atomic E-state index is 12.2. The molecule has 0 aliphatic carbocycles. The molecule has 0 fully saturated rings. The van der Waals surface area contributed by atoms with Crippen molar-refractivity contribution in [1.29, 1.82) is 0 Å². The number of para-hydroxylation sites is 1. The van der Waals surface area contributed by atoms with E-state index < -0.39 is 0 Å². The van der Waals surface area contributed by atoms with Crippen LogP contribution >= 0.6 is 15.9 Å². The van der Waals surface area contributed by atoms with Gasteiger partial charge in [-0.3, -0.25) is 4.79 Å². The van der Waals surface area contributed by atoms with E-state index in [4.69, 9.17) is 4.74 Å². The van der Waals surface area contributed by atoms with Gasteiger partial charge in [-0.05, 0) is 54.7 Å². The van der Waals surface area contributed by atoms with Gasteiger partial charge in [0.15, 0.2) is 0 Å². The fourth-order valence-corrected chi connectivity index (χ4v) is 2.82. The molecule has 2 aromatic carbocycles.